The number of sulfone groups is 1. The molecule has 0 unspecified atom stereocenters. The van der Waals surface area contributed by atoms with E-state index in [0.717, 1.165) is 12.0 Å². The molecule has 1 saturated heterocycles. The number of nitriles is 1. The lowest BCUT2D eigenvalue weighted by Crippen LogP contribution is -2.42. The highest BCUT2D eigenvalue weighted by Gasteiger charge is 2.33. The van der Waals surface area contributed by atoms with Gasteiger partial charge in [-0.15, -0.1) is 11.8 Å². The Morgan fingerprint density at radius 1 is 1.46 bits per heavy atom. The molecule has 0 bridgehead atoms. The zero-order chi connectivity index (χ0) is 17.6. The summed E-state index contributed by atoms with van der Waals surface area (Å²) in [5, 5.41) is 8.90. The summed E-state index contributed by atoms with van der Waals surface area (Å²) in [5.74, 6) is 1.25. The van der Waals surface area contributed by atoms with Crippen molar-refractivity contribution in [2.75, 3.05) is 23.8 Å². The van der Waals surface area contributed by atoms with Gasteiger partial charge < -0.3 is 4.90 Å². The first kappa shape index (κ1) is 18.8. The van der Waals surface area contributed by atoms with Crippen LogP contribution in [0.5, 0.6) is 0 Å². The molecule has 1 aliphatic rings. The van der Waals surface area contributed by atoms with Gasteiger partial charge in [-0.2, -0.15) is 5.26 Å². The molecule has 0 aliphatic carbocycles. The first-order chi connectivity index (χ1) is 11.4. The Morgan fingerprint density at radius 3 is 2.88 bits per heavy atom. The highest BCUT2D eigenvalue weighted by molar-refractivity contribution is 7.99. The molecule has 24 heavy (non-hydrogen) atoms. The predicted molar refractivity (Wildman–Crippen MR) is 96.4 cm³/mol. The van der Waals surface area contributed by atoms with Gasteiger partial charge in [0.2, 0.25) is 5.91 Å². The summed E-state index contributed by atoms with van der Waals surface area (Å²) in [4.78, 5) is 14.2. The van der Waals surface area contributed by atoms with Gasteiger partial charge in [-0.3, -0.25) is 4.79 Å². The van der Waals surface area contributed by atoms with Crippen LogP contribution in [0.25, 0.3) is 0 Å². The van der Waals surface area contributed by atoms with Gasteiger partial charge in [0.1, 0.15) is 0 Å². The van der Waals surface area contributed by atoms with Crippen molar-refractivity contribution in [1.82, 2.24) is 4.90 Å². The molecule has 1 aliphatic heterocycles. The third-order valence-corrected chi connectivity index (χ3v) is 6.72. The Labute approximate surface area is 148 Å². The van der Waals surface area contributed by atoms with Crippen LogP contribution in [0, 0.1) is 11.3 Å². The van der Waals surface area contributed by atoms with Gasteiger partial charge in [0, 0.05) is 18.3 Å². The van der Waals surface area contributed by atoms with E-state index in [9.17, 15) is 13.2 Å². The van der Waals surface area contributed by atoms with Crippen LogP contribution in [0.1, 0.15) is 30.9 Å². The van der Waals surface area contributed by atoms with Crippen LogP contribution < -0.4 is 0 Å². The molecular weight excluding hydrogens is 344 g/mol. The van der Waals surface area contributed by atoms with Gasteiger partial charge in [-0.1, -0.05) is 19.1 Å². The fraction of sp³-hybridized carbons (Fsp3) is 0.529. The molecule has 0 saturated carbocycles. The van der Waals surface area contributed by atoms with E-state index < -0.39 is 9.84 Å². The quantitative estimate of drug-likeness (QED) is 0.739. The number of rotatable bonds is 7. The summed E-state index contributed by atoms with van der Waals surface area (Å²) in [5.41, 5.74) is 1.63. The maximum atomic E-state index is 12.5. The molecule has 2 rings (SSSR count). The molecule has 0 radical (unpaired) electrons. The molecule has 1 aromatic carbocycles. The van der Waals surface area contributed by atoms with Crippen LogP contribution in [-0.4, -0.2) is 49.1 Å². The van der Waals surface area contributed by atoms with Crippen molar-refractivity contribution in [3.8, 4) is 6.07 Å². The van der Waals surface area contributed by atoms with Crippen molar-refractivity contribution in [2.24, 2.45) is 0 Å². The number of carbonyl (C=O) groups is 1. The number of nitrogens with zero attached hydrogens (tertiary/aromatic N) is 2. The van der Waals surface area contributed by atoms with E-state index in [1.807, 2.05) is 25.1 Å². The Hall–Kier alpha value is -1.52. The minimum absolute atomic E-state index is 0.000359. The van der Waals surface area contributed by atoms with E-state index in [0.29, 0.717) is 30.0 Å². The first-order valence-corrected chi connectivity index (χ1v) is 11.0. The Kier molecular flexibility index (Phi) is 6.69. The second-order valence-corrected chi connectivity index (χ2v) is 9.16. The molecule has 130 valence electrons. The maximum absolute atomic E-state index is 12.5. The smallest absolute Gasteiger partial charge is 0.232 e. The average Bonchev–Trinajstić information content (AvgIpc) is 2.92. The lowest BCUT2D eigenvalue weighted by Gasteiger charge is -2.27. The van der Waals surface area contributed by atoms with Gasteiger partial charge in [-0.25, -0.2) is 8.42 Å². The Balaban J connectivity index is 1.90. The van der Waals surface area contributed by atoms with Gasteiger partial charge in [0.25, 0.3) is 0 Å². The van der Waals surface area contributed by atoms with Crippen molar-refractivity contribution in [1.29, 1.82) is 5.26 Å². The van der Waals surface area contributed by atoms with Crippen LogP contribution in [0.3, 0.4) is 0 Å². The molecule has 1 aromatic rings. The summed E-state index contributed by atoms with van der Waals surface area (Å²) < 4.78 is 23.3. The SMILES string of the molecule is CCCN(C(=O)CSCc1cccc(C#N)c1)[C@@H]1CCS(=O)(=O)C1. The summed E-state index contributed by atoms with van der Waals surface area (Å²) >= 11 is 1.50. The largest absolute Gasteiger partial charge is 0.338 e. The Morgan fingerprint density at radius 2 is 2.25 bits per heavy atom. The molecule has 0 spiro atoms. The normalized spacial score (nSPS) is 18.9. The zero-order valence-corrected chi connectivity index (χ0v) is 15.4. The van der Waals surface area contributed by atoms with Crippen LogP contribution in [0.4, 0.5) is 0 Å². The van der Waals surface area contributed by atoms with E-state index in [-0.39, 0.29) is 23.5 Å². The first-order valence-electron chi connectivity index (χ1n) is 8.02. The second-order valence-electron chi connectivity index (χ2n) is 5.95. The topological polar surface area (TPSA) is 78.2 Å². The number of hydrogen-bond donors (Lipinski definition) is 0. The summed E-state index contributed by atoms with van der Waals surface area (Å²) in [6.07, 6.45) is 1.36. The molecule has 1 atom stereocenters. The molecule has 7 heteroatoms. The van der Waals surface area contributed by atoms with Gasteiger partial charge in [0.15, 0.2) is 9.84 Å². The standard InChI is InChI=1S/C17H22N2O3S2/c1-2-7-19(16-6-8-24(21,22)13-16)17(20)12-23-11-15-5-3-4-14(9-15)10-18/h3-5,9,16H,2,6-8,11-13H2,1H3/t16-/m1/s1. The second kappa shape index (κ2) is 8.54. The van der Waals surface area contributed by atoms with Crippen LogP contribution in [0.2, 0.25) is 0 Å². The molecule has 1 heterocycles. The lowest BCUT2D eigenvalue weighted by molar-refractivity contribution is -0.130. The number of thioether (sulfide) groups is 1. The molecule has 5 nitrogen and oxygen atoms in total. The third-order valence-electron chi connectivity index (χ3n) is 3.98. The number of amides is 1. The van der Waals surface area contributed by atoms with Crippen molar-refractivity contribution in [3.05, 3.63) is 35.4 Å². The molecule has 1 amide bonds. The fourth-order valence-electron chi connectivity index (χ4n) is 2.84. The van der Waals surface area contributed by atoms with Crippen LogP contribution in [-0.2, 0) is 20.4 Å². The van der Waals surface area contributed by atoms with E-state index in [2.05, 4.69) is 6.07 Å². The molecule has 0 aromatic heterocycles. The summed E-state index contributed by atoms with van der Waals surface area (Å²) in [6, 6.07) is 9.28. The number of carbonyl (C=O) groups excluding carboxylic acids is 1. The minimum atomic E-state index is -2.99. The van der Waals surface area contributed by atoms with Gasteiger partial charge >= 0.3 is 0 Å². The van der Waals surface area contributed by atoms with E-state index in [4.69, 9.17) is 5.26 Å². The van der Waals surface area contributed by atoms with Crippen LogP contribution in [0.15, 0.2) is 24.3 Å². The van der Waals surface area contributed by atoms with Gasteiger partial charge in [0.05, 0.1) is 28.9 Å². The highest BCUT2D eigenvalue weighted by atomic mass is 32.2. The lowest BCUT2D eigenvalue weighted by atomic mass is 10.2. The molecule has 0 N–H and O–H groups in total. The van der Waals surface area contributed by atoms with Crippen molar-refractivity contribution in [2.45, 2.75) is 31.6 Å². The zero-order valence-electron chi connectivity index (χ0n) is 13.8. The van der Waals surface area contributed by atoms with E-state index in [1.54, 1.807) is 11.0 Å². The van der Waals surface area contributed by atoms with E-state index in [1.165, 1.54) is 11.8 Å². The highest BCUT2D eigenvalue weighted by Crippen LogP contribution is 2.20. The average molecular weight is 367 g/mol. The predicted octanol–water partition coefficient (Wildman–Crippen LogP) is 2.22. The fourth-order valence-corrected chi connectivity index (χ4v) is 5.43. The summed E-state index contributed by atoms with van der Waals surface area (Å²) in [6.45, 7) is 2.59. The molecule has 1 fully saturated rings. The maximum Gasteiger partial charge on any atom is 0.232 e. The third kappa shape index (κ3) is 5.25. The monoisotopic (exact) mass is 366 g/mol. The number of benzene rings is 1. The minimum Gasteiger partial charge on any atom is -0.338 e. The van der Waals surface area contributed by atoms with Crippen LogP contribution >= 0.6 is 11.8 Å². The van der Waals surface area contributed by atoms with Crippen molar-refractivity contribution in [3.63, 3.8) is 0 Å². The van der Waals surface area contributed by atoms with Crippen molar-refractivity contribution >= 4 is 27.5 Å². The van der Waals surface area contributed by atoms with Crippen molar-refractivity contribution < 1.29 is 13.2 Å². The summed E-state index contributed by atoms with van der Waals surface area (Å²) in [7, 11) is -2.99. The number of hydrogen-bond acceptors (Lipinski definition) is 5. The molecular formula is C17H22N2O3S2. The van der Waals surface area contributed by atoms with E-state index >= 15 is 0 Å². The van der Waals surface area contributed by atoms with Gasteiger partial charge in [-0.05, 0) is 30.5 Å². The Bertz CT molecular complexity index is 726.